The summed E-state index contributed by atoms with van der Waals surface area (Å²) in [4.78, 5) is 41.7. The third kappa shape index (κ3) is 6.11. The summed E-state index contributed by atoms with van der Waals surface area (Å²) in [5, 5.41) is 4.61. The van der Waals surface area contributed by atoms with Crippen LogP contribution in [0, 0.1) is 5.92 Å². The summed E-state index contributed by atoms with van der Waals surface area (Å²) in [6.07, 6.45) is 1.95. The Morgan fingerprint density at radius 3 is 2.14 bits per heavy atom. The molecule has 0 spiro atoms. The predicted molar refractivity (Wildman–Crippen MR) is 138 cm³/mol. The molecule has 9 heteroatoms. The van der Waals surface area contributed by atoms with Gasteiger partial charge in [0.1, 0.15) is 0 Å². The van der Waals surface area contributed by atoms with Crippen molar-refractivity contribution >= 4 is 52.5 Å². The molecule has 2 aromatic carbocycles. The maximum atomic E-state index is 13.4. The monoisotopic (exact) mass is 535 g/mol. The summed E-state index contributed by atoms with van der Waals surface area (Å²) in [7, 11) is 0. The molecule has 0 aromatic heterocycles. The van der Waals surface area contributed by atoms with Crippen LogP contribution < -0.4 is 5.32 Å². The summed E-state index contributed by atoms with van der Waals surface area (Å²) in [5.74, 6) is -0.266. The van der Waals surface area contributed by atoms with Crippen LogP contribution in [0.2, 0.25) is 15.1 Å². The summed E-state index contributed by atoms with van der Waals surface area (Å²) < 4.78 is 0. The molecular formula is C26H28Cl3N3O3. The van der Waals surface area contributed by atoms with E-state index in [1.165, 1.54) is 0 Å². The summed E-state index contributed by atoms with van der Waals surface area (Å²) in [6, 6.07) is 12.0. The van der Waals surface area contributed by atoms with Crippen LogP contribution in [0.15, 0.2) is 42.5 Å². The first-order valence-electron chi connectivity index (χ1n) is 11.8. The molecule has 1 unspecified atom stereocenters. The van der Waals surface area contributed by atoms with Crippen LogP contribution in [0.1, 0.15) is 48.0 Å². The first-order valence-corrected chi connectivity index (χ1v) is 12.9. The first kappa shape index (κ1) is 25.8. The van der Waals surface area contributed by atoms with Crippen LogP contribution in [0.3, 0.4) is 0 Å². The zero-order chi connectivity index (χ0) is 25.1. The SMILES string of the molecule is CC(=O)N1CCC(C(=O)N2CCC(NC(=O)c3ccc(Cl)cc3)[C@H](c3ccc(Cl)c(Cl)c3)C2)CC1. The first-order chi connectivity index (χ1) is 16.7. The number of likely N-dealkylation sites (tertiary alicyclic amines) is 2. The lowest BCUT2D eigenvalue weighted by Gasteiger charge is -2.41. The predicted octanol–water partition coefficient (Wildman–Crippen LogP) is 5.02. The lowest BCUT2D eigenvalue weighted by atomic mass is 9.84. The average molecular weight is 537 g/mol. The molecule has 2 saturated heterocycles. The maximum absolute atomic E-state index is 13.4. The fourth-order valence-corrected chi connectivity index (χ4v) is 5.39. The number of nitrogens with one attached hydrogen (secondary N) is 1. The van der Waals surface area contributed by atoms with E-state index in [9.17, 15) is 14.4 Å². The number of nitrogens with zero attached hydrogens (tertiary/aromatic N) is 2. The number of hydrogen-bond acceptors (Lipinski definition) is 3. The van der Waals surface area contributed by atoms with Gasteiger partial charge in [0.05, 0.1) is 10.0 Å². The molecule has 2 heterocycles. The van der Waals surface area contributed by atoms with Gasteiger partial charge in [-0.15, -0.1) is 0 Å². The number of piperidine rings is 2. The molecule has 2 aromatic rings. The van der Waals surface area contributed by atoms with E-state index < -0.39 is 0 Å². The van der Waals surface area contributed by atoms with E-state index >= 15 is 0 Å². The summed E-state index contributed by atoms with van der Waals surface area (Å²) in [5.41, 5.74) is 1.45. The third-order valence-electron chi connectivity index (χ3n) is 7.01. The number of amides is 3. The number of carbonyl (C=O) groups is 3. The lowest BCUT2D eigenvalue weighted by Crippen LogP contribution is -2.53. The molecule has 6 nitrogen and oxygen atoms in total. The Morgan fingerprint density at radius 1 is 0.857 bits per heavy atom. The van der Waals surface area contributed by atoms with Crippen molar-refractivity contribution in [3.8, 4) is 0 Å². The highest BCUT2D eigenvalue weighted by molar-refractivity contribution is 6.42. The lowest BCUT2D eigenvalue weighted by molar-refractivity contribution is -0.141. The molecule has 0 radical (unpaired) electrons. The quantitative estimate of drug-likeness (QED) is 0.597. The van der Waals surface area contributed by atoms with E-state index in [0.717, 1.165) is 5.56 Å². The van der Waals surface area contributed by atoms with E-state index in [1.54, 1.807) is 42.2 Å². The molecule has 4 rings (SSSR count). The van der Waals surface area contributed by atoms with Crippen molar-refractivity contribution in [2.75, 3.05) is 26.2 Å². The Balaban J connectivity index is 1.51. The third-order valence-corrected chi connectivity index (χ3v) is 8.00. The van der Waals surface area contributed by atoms with Gasteiger partial charge in [-0.1, -0.05) is 40.9 Å². The Kier molecular flexibility index (Phi) is 8.25. The van der Waals surface area contributed by atoms with Gasteiger partial charge in [-0.3, -0.25) is 14.4 Å². The average Bonchev–Trinajstić information content (AvgIpc) is 2.86. The van der Waals surface area contributed by atoms with E-state index in [1.807, 2.05) is 17.0 Å². The molecule has 2 aliphatic rings. The summed E-state index contributed by atoms with van der Waals surface area (Å²) >= 11 is 18.4. The molecule has 0 saturated carbocycles. The van der Waals surface area contributed by atoms with Crippen LogP contribution in [-0.4, -0.2) is 59.7 Å². The zero-order valence-electron chi connectivity index (χ0n) is 19.5. The number of carbonyl (C=O) groups excluding carboxylic acids is 3. The van der Waals surface area contributed by atoms with Gasteiger partial charge >= 0.3 is 0 Å². The van der Waals surface area contributed by atoms with Gasteiger partial charge in [-0.05, 0) is 61.2 Å². The molecule has 2 atom stereocenters. The second kappa shape index (κ2) is 11.2. The minimum atomic E-state index is -0.187. The van der Waals surface area contributed by atoms with Crippen molar-refractivity contribution in [1.82, 2.24) is 15.1 Å². The highest BCUT2D eigenvalue weighted by Gasteiger charge is 2.37. The highest BCUT2D eigenvalue weighted by Crippen LogP contribution is 2.33. The van der Waals surface area contributed by atoms with Gasteiger partial charge in [0.15, 0.2) is 0 Å². The van der Waals surface area contributed by atoms with E-state index in [0.29, 0.717) is 66.1 Å². The molecule has 0 bridgehead atoms. The van der Waals surface area contributed by atoms with Crippen LogP contribution in [0.4, 0.5) is 0 Å². The number of halogens is 3. The maximum Gasteiger partial charge on any atom is 0.251 e. The second-order valence-electron chi connectivity index (χ2n) is 9.22. The molecule has 35 heavy (non-hydrogen) atoms. The largest absolute Gasteiger partial charge is 0.349 e. The number of benzene rings is 2. The van der Waals surface area contributed by atoms with Gasteiger partial charge in [0.2, 0.25) is 11.8 Å². The second-order valence-corrected chi connectivity index (χ2v) is 10.5. The molecule has 186 valence electrons. The van der Waals surface area contributed by atoms with Gasteiger partial charge in [0, 0.05) is 61.6 Å². The number of hydrogen-bond donors (Lipinski definition) is 1. The van der Waals surface area contributed by atoms with Gasteiger partial charge in [-0.2, -0.15) is 0 Å². The highest BCUT2D eigenvalue weighted by atomic mass is 35.5. The van der Waals surface area contributed by atoms with E-state index in [2.05, 4.69) is 5.32 Å². The molecule has 2 fully saturated rings. The van der Waals surface area contributed by atoms with Gasteiger partial charge in [0.25, 0.3) is 5.91 Å². The Bertz CT molecular complexity index is 1100. The molecule has 3 amide bonds. The van der Waals surface area contributed by atoms with Crippen molar-refractivity contribution in [1.29, 1.82) is 0 Å². The van der Waals surface area contributed by atoms with Crippen molar-refractivity contribution in [2.45, 2.75) is 38.1 Å². The molecule has 1 N–H and O–H groups in total. The Hall–Kier alpha value is -2.28. The van der Waals surface area contributed by atoms with Crippen LogP contribution in [0.25, 0.3) is 0 Å². The smallest absolute Gasteiger partial charge is 0.251 e. The fraction of sp³-hybridized carbons (Fsp3) is 0.423. The van der Waals surface area contributed by atoms with Gasteiger partial charge < -0.3 is 15.1 Å². The normalized spacial score (nSPS) is 21.0. The fourth-order valence-electron chi connectivity index (χ4n) is 4.96. The minimum Gasteiger partial charge on any atom is -0.349 e. The zero-order valence-corrected chi connectivity index (χ0v) is 21.7. The number of rotatable bonds is 4. The Labute approximate surface area is 220 Å². The van der Waals surface area contributed by atoms with Crippen molar-refractivity contribution in [3.05, 3.63) is 68.7 Å². The van der Waals surface area contributed by atoms with Crippen LogP contribution in [0.5, 0.6) is 0 Å². The van der Waals surface area contributed by atoms with Crippen molar-refractivity contribution < 1.29 is 14.4 Å². The Morgan fingerprint density at radius 2 is 1.51 bits per heavy atom. The minimum absolute atomic E-state index is 0.0489. The molecule has 0 aliphatic carbocycles. The summed E-state index contributed by atoms with van der Waals surface area (Å²) in [6.45, 7) is 3.79. The van der Waals surface area contributed by atoms with E-state index in [-0.39, 0.29) is 35.6 Å². The van der Waals surface area contributed by atoms with Gasteiger partial charge in [-0.25, -0.2) is 0 Å². The van der Waals surface area contributed by atoms with Crippen LogP contribution in [-0.2, 0) is 9.59 Å². The van der Waals surface area contributed by atoms with E-state index in [4.69, 9.17) is 34.8 Å². The molecule has 2 aliphatic heterocycles. The molecular weight excluding hydrogens is 509 g/mol. The topological polar surface area (TPSA) is 69.7 Å². The van der Waals surface area contributed by atoms with Crippen LogP contribution >= 0.6 is 34.8 Å². The van der Waals surface area contributed by atoms with Crippen molar-refractivity contribution in [2.24, 2.45) is 5.92 Å². The van der Waals surface area contributed by atoms with Crippen molar-refractivity contribution in [3.63, 3.8) is 0 Å². The standard InChI is InChI=1S/C26H28Cl3N3O3/c1-16(33)31-11-8-18(9-12-31)26(35)32-13-10-24(30-25(34)17-2-5-20(27)6-3-17)21(15-32)19-4-7-22(28)23(29)14-19/h2-7,14,18,21,24H,8-13,15H2,1H3,(H,30,34)/t21-,24?/m0/s1.